The number of ether oxygens (including phenoxy) is 1. The number of fused-ring (bicyclic) bond motifs is 1. The topological polar surface area (TPSA) is 55.4 Å². The molecule has 4 nitrogen and oxygen atoms in total. The van der Waals surface area contributed by atoms with Crippen LogP contribution in [-0.4, -0.2) is 11.9 Å². The van der Waals surface area contributed by atoms with Crippen molar-refractivity contribution in [3.63, 3.8) is 0 Å². The van der Waals surface area contributed by atoms with Crippen LogP contribution in [0.5, 0.6) is 5.75 Å². The molecular formula is C19H19NO3. The third kappa shape index (κ3) is 3.77. The average Bonchev–Trinajstić information content (AvgIpc) is 2.54. The van der Waals surface area contributed by atoms with Gasteiger partial charge in [-0.05, 0) is 67.1 Å². The van der Waals surface area contributed by atoms with Gasteiger partial charge in [-0.3, -0.25) is 4.79 Å². The Morgan fingerprint density at radius 2 is 1.78 bits per heavy atom. The summed E-state index contributed by atoms with van der Waals surface area (Å²) >= 11 is 0. The number of benzene rings is 2. The van der Waals surface area contributed by atoms with Crippen LogP contribution in [0.2, 0.25) is 0 Å². The van der Waals surface area contributed by atoms with E-state index in [-0.39, 0.29) is 5.91 Å². The maximum atomic E-state index is 12.3. The lowest BCUT2D eigenvalue weighted by atomic mass is 9.92. The summed E-state index contributed by atoms with van der Waals surface area (Å²) in [6, 6.07) is 12.6. The Labute approximate surface area is 135 Å². The van der Waals surface area contributed by atoms with E-state index in [4.69, 9.17) is 4.74 Å². The van der Waals surface area contributed by atoms with Gasteiger partial charge in [-0.15, -0.1) is 0 Å². The predicted octanol–water partition coefficient (Wildman–Crippen LogP) is 3.74. The molecule has 3 rings (SSSR count). The van der Waals surface area contributed by atoms with Crippen LogP contribution in [0, 0.1) is 0 Å². The smallest absolute Gasteiger partial charge is 0.343 e. The Morgan fingerprint density at radius 1 is 1.00 bits per heavy atom. The predicted molar refractivity (Wildman–Crippen MR) is 88.8 cm³/mol. The summed E-state index contributed by atoms with van der Waals surface area (Å²) in [7, 11) is 0. The molecule has 23 heavy (non-hydrogen) atoms. The van der Waals surface area contributed by atoms with E-state index in [0.29, 0.717) is 17.0 Å². The van der Waals surface area contributed by atoms with Crippen molar-refractivity contribution in [3.8, 4) is 5.75 Å². The molecule has 0 saturated carbocycles. The van der Waals surface area contributed by atoms with Gasteiger partial charge in [0.2, 0.25) is 5.91 Å². The third-order valence-electron chi connectivity index (χ3n) is 3.95. The standard InChI is InChI=1S/C19H19NO3/c1-13(21)20-17-8-4-7-16(11-17)19(22)23-18-10-9-14-5-2-3-6-15(14)12-18/h4,7-12H,2-3,5-6H2,1H3,(H,20,21). The molecule has 4 heteroatoms. The molecule has 0 saturated heterocycles. The molecule has 1 amide bonds. The maximum Gasteiger partial charge on any atom is 0.343 e. The summed E-state index contributed by atoms with van der Waals surface area (Å²) in [4.78, 5) is 23.4. The zero-order chi connectivity index (χ0) is 16.2. The van der Waals surface area contributed by atoms with E-state index in [0.717, 1.165) is 12.8 Å². The molecule has 118 valence electrons. The van der Waals surface area contributed by atoms with Gasteiger partial charge in [0.25, 0.3) is 0 Å². The summed E-state index contributed by atoms with van der Waals surface area (Å²) in [5.74, 6) is -0.0289. The molecule has 0 atom stereocenters. The first kappa shape index (κ1) is 15.3. The van der Waals surface area contributed by atoms with Gasteiger partial charge in [0.15, 0.2) is 0 Å². The summed E-state index contributed by atoms with van der Waals surface area (Å²) < 4.78 is 5.47. The third-order valence-corrected chi connectivity index (χ3v) is 3.95. The second-order valence-corrected chi connectivity index (χ2v) is 5.79. The molecule has 0 fully saturated rings. The summed E-state index contributed by atoms with van der Waals surface area (Å²) in [6.07, 6.45) is 4.55. The molecule has 1 aliphatic carbocycles. The average molecular weight is 309 g/mol. The number of hydrogen-bond acceptors (Lipinski definition) is 3. The van der Waals surface area contributed by atoms with E-state index in [2.05, 4.69) is 5.32 Å². The van der Waals surface area contributed by atoms with Gasteiger partial charge < -0.3 is 10.1 Å². The Morgan fingerprint density at radius 3 is 2.57 bits per heavy atom. The molecule has 0 aliphatic heterocycles. The number of esters is 1. The van der Waals surface area contributed by atoms with Crippen LogP contribution in [0.3, 0.4) is 0 Å². The Balaban J connectivity index is 1.75. The molecule has 0 radical (unpaired) electrons. The van der Waals surface area contributed by atoms with Crippen LogP contribution in [0.4, 0.5) is 5.69 Å². The van der Waals surface area contributed by atoms with Crippen molar-refractivity contribution in [2.75, 3.05) is 5.32 Å². The first-order valence-corrected chi connectivity index (χ1v) is 7.83. The van der Waals surface area contributed by atoms with E-state index in [1.807, 2.05) is 18.2 Å². The van der Waals surface area contributed by atoms with Crippen molar-refractivity contribution in [2.24, 2.45) is 0 Å². The van der Waals surface area contributed by atoms with Gasteiger partial charge in [0.05, 0.1) is 5.56 Å². The molecule has 0 unspecified atom stereocenters. The number of carbonyl (C=O) groups excluding carboxylic acids is 2. The Kier molecular flexibility index (Phi) is 4.42. The monoisotopic (exact) mass is 309 g/mol. The number of rotatable bonds is 3. The summed E-state index contributed by atoms with van der Waals surface area (Å²) in [6.45, 7) is 1.43. The van der Waals surface area contributed by atoms with Gasteiger partial charge in [-0.2, -0.15) is 0 Å². The zero-order valence-electron chi connectivity index (χ0n) is 13.1. The number of nitrogens with one attached hydrogen (secondary N) is 1. The molecule has 0 heterocycles. The number of amides is 1. The van der Waals surface area contributed by atoms with Crippen molar-refractivity contribution in [1.29, 1.82) is 0 Å². The largest absolute Gasteiger partial charge is 0.423 e. The lowest BCUT2D eigenvalue weighted by Gasteiger charge is -2.16. The lowest BCUT2D eigenvalue weighted by molar-refractivity contribution is -0.114. The van der Waals surface area contributed by atoms with Crippen molar-refractivity contribution < 1.29 is 14.3 Å². The van der Waals surface area contributed by atoms with Crippen LogP contribution >= 0.6 is 0 Å². The van der Waals surface area contributed by atoms with Crippen LogP contribution < -0.4 is 10.1 Å². The second-order valence-electron chi connectivity index (χ2n) is 5.79. The fourth-order valence-electron chi connectivity index (χ4n) is 2.87. The Hall–Kier alpha value is -2.62. The molecule has 0 spiro atoms. The van der Waals surface area contributed by atoms with E-state index in [1.54, 1.807) is 24.3 Å². The minimum atomic E-state index is -0.423. The molecule has 0 aromatic heterocycles. The van der Waals surface area contributed by atoms with Crippen LogP contribution in [0.15, 0.2) is 42.5 Å². The first-order chi connectivity index (χ1) is 11.1. The van der Waals surface area contributed by atoms with Crippen molar-refractivity contribution in [3.05, 3.63) is 59.2 Å². The Bertz CT molecular complexity index is 752. The van der Waals surface area contributed by atoms with Crippen molar-refractivity contribution in [1.82, 2.24) is 0 Å². The van der Waals surface area contributed by atoms with E-state index in [9.17, 15) is 9.59 Å². The van der Waals surface area contributed by atoms with E-state index in [1.165, 1.54) is 30.9 Å². The minimum absolute atomic E-state index is 0.176. The first-order valence-electron chi connectivity index (χ1n) is 7.83. The highest BCUT2D eigenvalue weighted by atomic mass is 16.5. The van der Waals surface area contributed by atoms with E-state index >= 15 is 0 Å². The highest BCUT2D eigenvalue weighted by Crippen LogP contribution is 2.26. The zero-order valence-corrected chi connectivity index (χ0v) is 13.1. The van der Waals surface area contributed by atoms with Crippen molar-refractivity contribution in [2.45, 2.75) is 32.6 Å². The molecular weight excluding hydrogens is 290 g/mol. The quantitative estimate of drug-likeness (QED) is 0.694. The van der Waals surface area contributed by atoms with Crippen LogP contribution in [-0.2, 0) is 17.6 Å². The van der Waals surface area contributed by atoms with Gasteiger partial charge in [-0.1, -0.05) is 12.1 Å². The molecule has 2 aromatic carbocycles. The van der Waals surface area contributed by atoms with Crippen LogP contribution in [0.1, 0.15) is 41.3 Å². The van der Waals surface area contributed by atoms with Gasteiger partial charge in [-0.25, -0.2) is 4.79 Å². The lowest BCUT2D eigenvalue weighted by Crippen LogP contribution is -2.11. The summed E-state index contributed by atoms with van der Waals surface area (Å²) in [5, 5.41) is 2.66. The normalized spacial score (nSPS) is 13.1. The van der Waals surface area contributed by atoms with Crippen molar-refractivity contribution >= 4 is 17.6 Å². The summed E-state index contributed by atoms with van der Waals surface area (Å²) in [5.41, 5.74) is 3.61. The minimum Gasteiger partial charge on any atom is -0.423 e. The number of aryl methyl sites for hydroxylation is 2. The fraction of sp³-hybridized carbons (Fsp3) is 0.263. The van der Waals surface area contributed by atoms with Gasteiger partial charge in [0.1, 0.15) is 5.75 Å². The molecule has 1 N–H and O–H groups in total. The molecule has 0 bridgehead atoms. The SMILES string of the molecule is CC(=O)Nc1cccc(C(=O)Oc2ccc3c(c2)CCCC3)c1. The van der Waals surface area contributed by atoms with Gasteiger partial charge >= 0.3 is 5.97 Å². The fourth-order valence-corrected chi connectivity index (χ4v) is 2.87. The molecule has 1 aliphatic rings. The maximum absolute atomic E-state index is 12.3. The van der Waals surface area contributed by atoms with Gasteiger partial charge in [0, 0.05) is 12.6 Å². The second kappa shape index (κ2) is 6.65. The highest BCUT2D eigenvalue weighted by Gasteiger charge is 2.13. The number of carbonyl (C=O) groups is 2. The number of hydrogen-bond donors (Lipinski definition) is 1. The molecule has 2 aromatic rings. The number of anilines is 1. The highest BCUT2D eigenvalue weighted by molar-refractivity contribution is 5.94. The van der Waals surface area contributed by atoms with E-state index < -0.39 is 5.97 Å². The van der Waals surface area contributed by atoms with Crippen LogP contribution in [0.25, 0.3) is 0 Å².